The van der Waals surface area contributed by atoms with E-state index < -0.39 is 4.92 Å². The molecule has 0 fully saturated rings. The zero-order valence-electron chi connectivity index (χ0n) is 7.57. The standard InChI is InChI=1S/C9H7BrClNO3/c10-5-7(13)4-6-2-1-3-8(9(6)11)12(14)15/h1-3H,4-5H2. The summed E-state index contributed by atoms with van der Waals surface area (Å²) in [5.41, 5.74) is 0.312. The monoisotopic (exact) mass is 291 g/mol. The molecule has 0 saturated heterocycles. The van der Waals surface area contributed by atoms with Crippen molar-refractivity contribution in [2.24, 2.45) is 0 Å². The molecular weight excluding hydrogens is 285 g/mol. The van der Waals surface area contributed by atoms with Crippen molar-refractivity contribution in [3.05, 3.63) is 38.9 Å². The lowest BCUT2D eigenvalue weighted by Gasteiger charge is -2.02. The number of nitro benzene ring substituents is 1. The van der Waals surface area contributed by atoms with Gasteiger partial charge in [0.05, 0.1) is 10.3 Å². The van der Waals surface area contributed by atoms with Crippen LogP contribution in [0.4, 0.5) is 5.69 Å². The Kier molecular flexibility index (Phi) is 4.23. The van der Waals surface area contributed by atoms with E-state index in [0.717, 1.165) is 0 Å². The Balaban J connectivity index is 3.04. The normalized spacial score (nSPS) is 10.0. The third-order valence-corrected chi connectivity index (χ3v) is 2.85. The van der Waals surface area contributed by atoms with Crippen LogP contribution >= 0.6 is 27.5 Å². The Bertz CT molecular complexity index is 408. The van der Waals surface area contributed by atoms with E-state index in [4.69, 9.17) is 11.6 Å². The Hall–Kier alpha value is -0.940. The number of benzene rings is 1. The van der Waals surface area contributed by atoms with Crippen LogP contribution in [0.5, 0.6) is 0 Å². The molecule has 0 heterocycles. The Morgan fingerprint density at radius 1 is 1.53 bits per heavy atom. The molecule has 0 saturated carbocycles. The van der Waals surface area contributed by atoms with Gasteiger partial charge in [-0.3, -0.25) is 14.9 Å². The number of alkyl halides is 1. The predicted molar refractivity (Wildman–Crippen MR) is 60.6 cm³/mol. The van der Waals surface area contributed by atoms with Gasteiger partial charge in [0.2, 0.25) is 0 Å². The van der Waals surface area contributed by atoms with Crippen LogP contribution in [-0.4, -0.2) is 16.0 Å². The summed E-state index contributed by atoms with van der Waals surface area (Å²) in [5.74, 6) is -0.0719. The SMILES string of the molecule is O=C(CBr)Cc1cccc([N+](=O)[O-])c1Cl. The van der Waals surface area contributed by atoms with E-state index in [0.29, 0.717) is 5.56 Å². The molecule has 0 bridgehead atoms. The van der Waals surface area contributed by atoms with Gasteiger partial charge in [0.25, 0.3) is 5.69 Å². The third kappa shape index (κ3) is 3.00. The van der Waals surface area contributed by atoms with Gasteiger partial charge in [-0.05, 0) is 5.56 Å². The summed E-state index contributed by atoms with van der Waals surface area (Å²) in [5, 5.41) is 10.8. The van der Waals surface area contributed by atoms with Crippen LogP contribution in [0.25, 0.3) is 0 Å². The van der Waals surface area contributed by atoms with Crippen LogP contribution in [-0.2, 0) is 11.2 Å². The van der Waals surface area contributed by atoms with Crippen LogP contribution in [0.15, 0.2) is 18.2 Å². The fourth-order valence-electron chi connectivity index (χ4n) is 1.10. The molecule has 0 spiro atoms. The number of nitro groups is 1. The Morgan fingerprint density at radius 2 is 2.20 bits per heavy atom. The van der Waals surface area contributed by atoms with E-state index in [1.54, 1.807) is 6.07 Å². The molecular formula is C9H7BrClNO3. The van der Waals surface area contributed by atoms with Gasteiger partial charge in [-0.1, -0.05) is 39.7 Å². The molecule has 6 heteroatoms. The smallest absolute Gasteiger partial charge is 0.288 e. The highest BCUT2D eigenvalue weighted by Crippen LogP contribution is 2.28. The molecule has 0 unspecified atom stereocenters. The van der Waals surface area contributed by atoms with Crippen molar-refractivity contribution < 1.29 is 9.72 Å². The van der Waals surface area contributed by atoms with Gasteiger partial charge in [-0.15, -0.1) is 0 Å². The van der Waals surface area contributed by atoms with Crippen molar-refractivity contribution in [1.82, 2.24) is 0 Å². The first-order valence-corrected chi connectivity index (χ1v) is 5.55. The highest BCUT2D eigenvalue weighted by atomic mass is 79.9. The lowest BCUT2D eigenvalue weighted by molar-refractivity contribution is -0.384. The summed E-state index contributed by atoms with van der Waals surface area (Å²) >= 11 is 8.81. The lowest BCUT2D eigenvalue weighted by Crippen LogP contribution is -2.04. The topological polar surface area (TPSA) is 60.2 Å². The summed E-state index contributed by atoms with van der Waals surface area (Å²) in [4.78, 5) is 21.1. The first-order chi connectivity index (χ1) is 7.06. The zero-order valence-corrected chi connectivity index (χ0v) is 9.92. The van der Waals surface area contributed by atoms with Crippen LogP contribution < -0.4 is 0 Å². The number of hydrogen-bond acceptors (Lipinski definition) is 3. The molecule has 15 heavy (non-hydrogen) atoms. The van der Waals surface area contributed by atoms with Crippen LogP contribution in [0.1, 0.15) is 5.56 Å². The number of rotatable bonds is 4. The maximum Gasteiger partial charge on any atom is 0.288 e. The maximum absolute atomic E-state index is 11.1. The van der Waals surface area contributed by atoms with Crippen LogP contribution in [0.2, 0.25) is 5.02 Å². The first-order valence-electron chi connectivity index (χ1n) is 4.05. The molecule has 1 rings (SSSR count). The molecule has 0 aliphatic carbocycles. The summed E-state index contributed by atoms with van der Waals surface area (Å²) < 4.78 is 0. The minimum Gasteiger partial charge on any atom is -0.298 e. The molecule has 1 aromatic carbocycles. The van der Waals surface area contributed by atoms with Crippen molar-refractivity contribution in [1.29, 1.82) is 0 Å². The van der Waals surface area contributed by atoms with E-state index >= 15 is 0 Å². The maximum atomic E-state index is 11.1. The fourth-order valence-corrected chi connectivity index (χ4v) is 1.56. The second kappa shape index (κ2) is 5.23. The molecule has 0 N–H and O–H groups in total. The molecule has 0 aliphatic rings. The molecule has 80 valence electrons. The van der Waals surface area contributed by atoms with E-state index in [1.807, 2.05) is 0 Å². The van der Waals surface area contributed by atoms with Gasteiger partial charge in [0.1, 0.15) is 10.8 Å². The summed E-state index contributed by atoms with van der Waals surface area (Å²) in [7, 11) is 0. The lowest BCUT2D eigenvalue weighted by atomic mass is 10.1. The Morgan fingerprint density at radius 3 is 2.73 bits per heavy atom. The fraction of sp³-hybridized carbons (Fsp3) is 0.222. The van der Waals surface area contributed by atoms with Gasteiger partial charge < -0.3 is 0 Å². The van der Waals surface area contributed by atoms with E-state index in [2.05, 4.69) is 15.9 Å². The molecule has 4 nitrogen and oxygen atoms in total. The number of carbonyl (C=O) groups is 1. The molecule has 0 atom stereocenters. The number of ketones is 1. The number of Topliss-reactive ketones (excluding diaryl/α,β-unsaturated/α-hetero) is 1. The zero-order chi connectivity index (χ0) is 11.4. The van der Waals surface area contributed by atoms with Crippen molar-refractivity contribution >= 4 is 39.0 Å². The number of hydrogen-bond donors (Lipinski definition) is 0. The molecule has 1 aromatic rings. The van der Waals surface area contributed by atoms with E-state index in [-0.39, 0.29) is 28.2 Å². The predicted octanol–water partition coefficient (Wildman–Crippen LogP) is 2.75. The van der Waals surface area contributed by atoms with E-state index in [9.17, 15) is 14.9 Å². The molecule has 0 radical (unpaired) electrons. The van der Waals surface area contributed by atoms with Gasteiger partial charge in [0.15, 0.2) is 0 Å². The number of halogens is 2. The first kappa shape index (κ1) is 12.1. The number of carbonyl (C=O) groups excluding carboxylic acids is 1. The van der Waals surface area contributed by atoms with E-state index in [1.165, 1.54) is 12.1 Å². The van der Waals surface area contributed by atoms with Gasteiger partial charge in [-0.25, -0.2) is 0 Å². The largest absolute Gasteiger partial charge is 0.298 e. The average molecular weight is 293 g/mol. The van der Waals surface area contributed by atoms with Crippen molar-refractivity contribution in [2.75, 3.05) is 5.33 Å². The molecule has 0 aromatic heterocycles. The van der Waals surface area contributed by atoms with Crippen molar-refractivity contribution in [3.8, 4) is 0 Å². The quantitative estimate of drug-likeness (QED) is 0.487. The third-order valence-electron chi connectivity index (χ3n) is 1.79. The average Bonchev–Trinajstić information content (AvgIpc) is 2.20. The highest BCUT2D eigenvalue weighted by Gasteiger charge is 2.16. The summed E-state index contributed by atoms with van der Waals surface area (Å²) in [6.45, 7) is 0. The van der Waals surface area contributed by atoms with Crippen LogP contribution in [0.3, 0.4) is 0 Å². The van der Waals surface area contributed by atoms with Crippen LogP contribution in [0, 0.1) is 10.1 Å². The van der Waals surface area contributed by atoms with Gasteiger partial charge >= 0.3 is 0 Å². The highest BCUT2D eigenvalue weighted by molar-refractivity contribution is 9.09. The second-order valence-electron chi connectivity index (χ2n) is 2.86. The Labute approximate surface area is 99.5 Å². The minimum atomic E-state index is -0.565. The summed E-state index contributed by atoms with van der Waals surface area (Å²) in [6.07, 6.45) is 0.103. The summed E-state index contributed by atoms with van der Waals surface area (Å²) in [6, 6.07) is 4.43. The second-order valence-corrected chi connectivity index (χ2v) is 3.80. The van der Waals surface area contributed by atoms with Gasteiger partial charge in [-0.2, -0.15) is 0 Å². The minimum absolute atomic E-state index is 0.0387. The molecule has 0 aliphatic heterocycles. The van der Waals surface area contributed by atoms with Crippen molar-refractivity contribution in [2.45, 2.75) is 6.42 Å². The molecule has 0 amide bonds. The number of nitrogens with zero attached hydrogens (tertiary/aromatic N) is 1. The van der Waals surface area contributed by atoms with Crippen molar-refractivity contribution in [3.63, 3.8) is 0 Å². The van der Waals surface area contributed by atoms with Gasteiger partial charge in [0, 0.05) is 12.5 Å².